The summed E-state index contributed by atoms with van der Waals surface area (Å²) in [5.74, 6) is 1.51. The van der Waals surface area contributed by atoms with Gasteiger partial charge in [0.1, 0.15) is 17.6 Å². The average Bonchev–Trinajstić information content (AvgIpc) is 2.34. The summed E-state index contributed by atoms with van der Waals surface area (Å²) in [6.07, 6.45) is -0.0448. The number of nitrogens with one attached hydrogen (secondary N) is 1. The monoisotopic (exact) mass is 381 g/mol. The van der Waals surface area contributed by atoms with E-state index in [1.165, 1.54) is 0 Å². The Labute approximate surface area is 124 Å². The van der Waals surface area contributed by atoms with Crippen molar-refractivity contribution >= 4 is 31.9 Å². The molecule has 1 rings (SSSR count). The highest BCUT2D eigenvalue weighted by molar-refractivity contribution is 9.11. The zero-order valence-corrected chi connectivity index (χ0v) is 13.8. The molecule has 0 bridgehead atoms. The summed E-state index contributed by atoms with van der Waals surface area (Å²) in [5, 5.41) is 3.07. The van der Waals surface area contributed by atoms with E-state index in [1.807, 2.05) is 19.2 Å². The van der Waals surface area contributed by atoms with Gasteiger partial charge in [0.15, 0.2) is 0 Å². The third-order valence-corrected chi connectivity index (χ3v) is 3.52. The molecule has 0 radical (unpaired) electrons. The predicted molar refractivity (Wildman–Crippen MR) is 78.6 cm³/mol. The third-order valence-electron chi connectivity index (χ3n) is 2.28. The summed E-state index contributed by atoms with van der Waals surface area (Å²) in [5.41, 5.74) is 0. The van der Waals surface area contributed by atoms with Crippen LogP contribution in [0.1, 0.15) is 0 Å². The minimum atomic E-state index is -0.0448. The molecule has 1 unspecified atom stereocenters. The zero-order valence-electron chi connectivity index (χ0n) is 10.6. The molecule has 0 saturated carbocycles. The standard InChI is InChI=1S/C12H17Br2NO3/c1-15-6-8(7-16-2)18-12-5-9(13)11(17-3)4-10(12)14/h4-5,8,15H,6-7H2,1-3H3. The van der Waals surface area contributed by atoms with Gasteiger partial charge in [-0.1, -0.05) is 0 Å². The Hall–Kier alpha value is -0.300. The lowest BCUT2D eigenvalue weighted by Gasteiger charge is -2.19. The molecule has 0 saturated heterocycles. The topological polar surface area (TPSA) is 39.7 Å². The normalized spacial score (nSPS) is 12.3. The van der Waals surface area contributed by atoms with Crippen LogP contribution in [0.4, 0.5) is 0 Å². The first-order valence-corrected chi connectivity index (χ1v) is 7.04. The minimum Gasteiger partial charge on any atom is -0.496 e. The van der Waals surface area contributed by atoms with Gasteiger partial charge in [0.05, 0.1) is 22.7 Å². The van der Waals surface area contributed by atoms with E-state index in [4.69, 9.17) is 14.2 Å². The van der Waals surface area contributed by atoms with E-state index in [0.29, 0.717) is 13.2 Å². The zero-order chi connectivity index (χ0) is 13.5. The number of hydrogen-bond donors (Lipinski definition) is 1. The maximum atomic E-state index is 5.89. The van der Waals surface area contributed by atoms with Crippen LogP contribution in [0.15, 0.2) is 21.1 Å². The molecule has 0 aliphatic heterocycles. The molecule has 0 aliphatic rings. The van der Waals surface area contributed by atoms with Crippen LogP contribution >= 0.6 is 31.9 Å². The van der Waals surface area contributed by atoms with E-state index in [1.54, 1.807) is 14.2 Å². The molecule has 102 valence electrons. The maximum Gasteiger partial charge on any atom is 0.135 e. The molecule has 4 nitrogen and oxygen atoms in total. The lowest BCUT2D eigenvalue weighted by atomic mass is 10.3. The van der Waals surface area contributed by atoms with Crippen LogP contribution < -0.4 is 14.8 Å². The number of halogens is 2. The summed E-state index contributed by atoms with van der Waals surface area (Å²) < 4.78 is 17.9. The van der Waals surface area contributed by atoms with Crippen LogP contribution in [0.3, 0.4) is 0 Å². The first kappa shape index (κ1) is 15.8. The SMILES string of the molecule is CNCC(COC)Oc1cc(Br)c(OC)cc1Br. The van der Waals surface area contributed by atoms with Gasteiger partial charge in [0.2, 0.25) is 0 Å². The molecule has 1 aromatic carbocycles. The second kappa shape index (κ2) is 7.99. The minimum absolute atomic E-state index is 0.0448. The van der Waals surface area contributed by atoms with Crippen LogP contribution in [0.25, 0.3) is 0 Å². The van der Waals surface area contributed by atoms with Gasteiger partial charge in [-0.15, -0.1) is 0 Å². The highest BCUT2D eigenvalue weighted by Gasteiger charge is 2.14. The van der Waals surface area contributed by atoms with Gasteiger partial charge >= 0.3 is 0 Å². The molecule has 0 aromatic heterocycles. The Morgan fingerprint density at radius 1 is 1.17 bits per heavy atom. The van der Waals surface area contributed by atoms with E-state index in [2.05, 4.69) is 37.2 Å². The fourth-order valence-electron chi connectivity index (χ4n) is 1.48. The smallest absolute Gasteiger partial charge is 0.135 e. The van der Waals surface area contributed by atoms with E-state index < -0.39 is 0 Å². The quantitative estimate of drug-likeness (QED) is 0.787. The van der Waals surface area contributed by atoms with Crippen molar-refractivity contribution in [1.82, 2.24) is 5.32 Å². The Kier molecular flexibility index (Phi) is 6.99. The van der Waals surface area contributed by atoms with Crippen molar-refractivity contribution in [1.29, 1.82) is 0 Å². The fraction of sp³-hybridized carbons (Fsp3) is 0.500. The van der Waals surface area contributed by atoms with Crippen molar-refractivity contribution in [3.05, 3.63) is 21.1 Å². The number of hydrogen-bond acceptors (Lipinski definition) is 4. The Morgan fingerprint density at radius 2 is 1.78 bits per heavy atom. The lowest BCUT2D eigenvalue weighted by molar-refractivity contribution is 0.0812. The lowest BCUT2D eigenvalue weighted by Crippen LogP contribution is -2.33. The van der Waals surface area contributed by atoms with Crippen LogP contribution in [-0.2, 0) is 4.74 Å². The van der Waals surface area contributed by atoms with E-state index in [-0.39, 0.29) is 6.10 Å². The van der Waals surface area contributed by atoms with Crippen LogP contribution in [0.2, 0.25) is 0 Å². The molecule has 1 N–H and O–H groups in total. The number of rotatable bonds is 7. The van der Waals surface area contributed by atoms with Crippen molar-refractivity contribution in [3.8, 4) is 11.5 Å². The highest BCUT2D eigenvalue weighted by Crippen LogP contribution is 2.36. The third kappa shape index (κ3) is 4.42. The van der Waals surface area contributed by atoms with Gasteiger partial charge < -0.3 is 19.5 Å². The summed E-state index contributed by atoms with van der Waals surface area (Å²) in [4.78, 5) is 0. The molecular weight excluding hydrogens is 366 g/mol. The number of likely N-dealkylation sites (N-methyl/N-ethyl adjacent to an activating group) is 1. The molecular formula is C12H17Br2NO3. The van der Waals surface area contributed by atoms with Gasteiger partial charge in [0, 0.05) is 13.7 Å². The Bertz CT molecular complexity index is 382. The fourth-order valence-corrected chi connectivity index (χ4v) is 2.38. The predicted octanol–water partition coefficient (Wildman–Crippen LogP) is 2.83. The maximum absolute atomic E-state index is 5.89. The largest absolute Gasteiger partial charge is 0.496 e. The van der Waals surface area contributed by atoms with Crippen molar-refractivity contribution in [2.75, 3.05) is 34.4 Å². The molecule has 0 spiro atoms. The van der Waals surface area contributed by atoms with E-state index in [0.717, 1.165) is 20.4 Å². The number of benzene rings is 1. The average molecular weight is 383 g/mol. The van der Waals surface area contributed by atoms with Crippen molar-refractivity contribution in [3.63, 3.8) is 0 Å². The molecule has 0 amide bonds. The summed E-state index contributed by atoms with van der Waals surface area (Å²) in [7, 11) is 5.16. The Morgan fingerprint density at radius 3 is 2.33 bits per heavy atom. The molecule has 6 heteroatoms. The highest BCUT2D eigenvalue weighted by atomic mass is 79.9. The van der Waals surface area contributed by atoms with Crippen LogP contribution in [0.5, 0.6) is 11.5 Å². The molecule has 0 fully saturated rings. The van der Waals surface area contributed by atoms with Gasteiger partial charge in [-0.2, -0.15) is 0 Å². The van der Waals surface area contributed by atoms with Crippen LogP contribution in [0, 0.1) is 0 Å². The summed E-state index contributed by atoms with van der Waals surface area (Å²) in [6, 6.07) is 3.74. The van der Waals surface area contributed by atoms with Gasteiger partial charge in [-0.05, 0) is 51.0 Å². The first-order chi connectivity index (χ1) is 8.62. The molecule has 0 aliphatic carbocycles. The van der Waals surface area contributed by atoms with E-state index >= 15 is 0 Å². The van der Waals surface area contributed by atoms with Gasteiger partial charge in [-0.25, -0.2) is 0 Å². The molecule has 1 aromatic rings. The Balaban J connectivity index is 2.85. The second-order valence-electron chi connectivity index (χ2n) is 3.67. The van der Waals surface area contributed by atoms with Crippen molar-refractivity contribution in [2.45, 2.75) is 6.10 Å². The number of methoxy groups -OCH3 is 2. The summed E-state index contributed by atoms with van der Waals surface area (Å²) in [6.45, 7) is 1.24. The summed E-state index contributed by atoms with van der Waals surface area (Å²) >= 11 is 6.90. The van der Waals surface area contributed by atoms with Crippen LogP contribution in [-0.4, -0.2) is 40.5 Å². The number of ether oxygens (including phenoxy) is 3. The van der Waals surface area contributed by atoms with Gasteiger partial charge in [-0.3, -0.25) is 0 Å². The second-order valence-corrected chi connectivity index (χ2v) is 5.38. The first-order valence-electron chi connectivity index (χ1n) is 5.45. The van der Waals surface area contributed by atoms with E-state index in [9.17, 15) is 0 Å². The van der Waals surface area contributed by atoms with Crippen molar-refractivity contribution < 1.29 is 14.2 Å². The van der Waals surface area contributed by atoms with Gasteiger partial charge in [0.25, 0.3) is 0 Å². The molecule has 0 heterocycles. The van der Waals surface area contributed by atoms with Crippen molar-refractivity contribution in [2.24, 2.45) is 0 Å². The molecule has 18 heavy (non-hydrogen) atoms. The molecule has 1 atom stereocenters.